The Morgan fingerprint density at radius 2 is 2.35 bits per heavy atom. The number of nitrogens with one attached hydrogen (secondary N) is 1. The highest BCUT2D eigenvalue weighted by Crippen LogP contribution is 2.23. The highest BCUT2D eigenvalue weighted by molar-refractivity contribution is 5.90. The highest BCUT2D eigenvalue weighted by Gasteiger charge is 2.07. The summed E-state index contributed by atoms with van der Waals surface area (Å²) in [5.74, 6) is 0.396. The summed E-state index contributed by atoms with van der Waals surface area (Å²) in [6, 6.07) is 5.13. The molecule has 0 aliphatic rings. The van der Waals surface area contributed by atoms with Gasteiger partial charge in [-0.3, -0.25) is 4.79 Å². The number of hydrogen-bond donors (Lipinski definition) is 2. The largest absolute Gasteiger partial charge is 0.494 e. The number of nitrogens with zero attached hydrogens (tertiary/aromatic N) is 3. The Labute approximate surface area is 116 Å². The molecular weight excluding hydrogens is 260 g/mol. The maximum Gasteiger partial charge on any atom is 0.246 e. The second-order valence-corrected chi connectivity index (χ2v) is 4.06. The van der Waals surface area contributed by atoms with Crippen molar-refractivity contribution in [3.05, 3.63) is 36.2 Å². The molecule has 2 aromatic rings. The normalized spacial score (nSPS) is 10.3. The Hall–Kier alpha value is -2.41. The van der Waals surface area contributed by atoms with Gasteiger partial charge in [0.05, 0.1) is 19.4 Å². The molecule has 20 heavy (non-hydrogen) atoms. The average molecular weight is 276 g/mol. The summed E-state index contributed by atoms with van der Waals surface area (Å²) in [5.41, 5.74) is 1.23. The van der Waals surface area contributed by atoms with Gasteiger partial charge in [0.15, 0.2) is 0 Å². The Morgan fingerprint density at radius 1 is 1.50 bits per heavy atom. The van der Waals surface area contributed by atoms with Crippen LogP contribution in [0.3, 0.4) is 0 Å². The van der Waals surface area contributed by atoms with E-state index >= 15 is 0 Å². The van der Waals surface area contributed by atoms with Gasteiger partial charge in [0.2, 0.25) is 5.91 Å². The second kappa shape index (κ2) is 6.67. The monoisotopic (exact) mass is 276 g/mol. The van der Waals surface area contributed by atoms with Crippen molar-refractivity contribution in [3.8, 4) is 5.75 Å². The molecule has 0 aliphatic heterocycles. The Balaban J connectivity index is 2.03. The van der Waals surface area contributed by atoms with Crippen LogP contribution in [0.25, 0.3) is 0 Å². The van der Waals surface area contributed by atoms with Crippen LogP contribution < -0.4 is 10.1 Å². The molecule has 7 nitrogen and oxygen atoms in total. The molecule has 0 aliphatic carbocycles. The first kappa shape index (κ1) is 14.0. The van der Waals surface area contributed by atoms with Gasteiger partial charge in [0, 0.05) is 17.4 Å². The van der Waals surface area contributed by atoms with Crippen LogP contribution in [0.2, 0.25) is 0 Å². The molecule has 0 unspecified atom stereocenters. The Morgan fingerprint density at radius 3 is 3.00 bits per heavy atom. The lowest BCUT2D eigenvalue weighted by molar-refractivity contribution is -0.116. The van der Waals surface area contributed by atoms with Gasteiger partial charge in [-0.1, -0.05) is 5.21 Å². The third-order valence-corrected chi connectivity index (χ3v) is 2.59. The molecule has 0 spiro atoms. The minimum Gasteiger partial charge on any atom is -0.494 e. The van der Waals surface area contributed by atoms with Crippen LogP contribution in [-0.2, 0) is 17.9 Å². The van der Waals surface area contributed by atoms with E-state index in [0.717, 1.165) is 0 Å². The summed E-state index contributed by atoms with van der Waals surface area (Å²) < 4.78 is 6.81. The molecule has 106 valence electrons. The zero-order chi connectivity index (χ0) is 14.4. The van der Waals surface area contributed by atoms with Crippen LogP contribution in [0.4, 0.5) is 5.69 Å². The number of ether oxygens (including phenoxy) is 1. The molecule has 0 saturated heterocycles. The lowest BCUT2D eigenvalue weighted by atomic mass is 10.2. The molecule has 0 bridgehead atoms. The molecule has 1 aromatic heterocycles. The van der Waals surface area contributed by atoms with Crippen LogP contribution in [0.15, 0.2) is 30.6 Å². The summed E-state index contributed by atoms with van der Waals surface area (Å²) >= 11 is 0. The number of anilines is 1. The summed E-state index contributed by atoms with van der Waals surface area (Å²) in [4.78, 5) is 11.8. The number of hydrogen-bond acceptors (Lipinski definition) is 5. The lowest BCUT2D eigenvalue weighted by Crippen LogP contribution is -2.19. The number of carbonyl (C=O) groups excluding carboxylic acids is 1. The zero-order valence-corrected chi connectivity index (χ0v) is 11.1. The van der Waals surface area contributed by atoms with Crippen molar-refractivity contribution in [2.24, 2.45) is 0 Å². The molecule has 2 N–H and O–H groups in total. The van der Waals surface area contributed by atoms with Crippen molar-refractivity contribution in [2.75, 3.05) is 11.9 Å². The molecular formula is C13H16N4O3. The van der Waals surface area contributed by atoms with Gasteiger partial charge < -0.3 is 15.2 Å². The van der Waals surface area contributed by atoms with E-state index in [0.29, 0.717) is 23.6 Å². The van der Waals surface area contributed by atoms with Gasteiger partial charge >= 0.3 is 0 Å². The summed E-state index contributed by atoms with van der Waals surface area (Å²) in [6.45, 7) is 2.32. The molecule has 7 heteroatoms. The van der Waals surface area contributed by atoms with E-state index in [-0.39, 0.29) is 19.1 Å². The van der Waals surface area contributed by atoms with Gasteiger partial charge in [0.25, 0.3) is 0 Å². The van der Waals surface area contributed by atoms with Crippen molar-refractivity contribution in [3.63, 3.8) is 0 Å². The van der Waals surface area contributed by atoms with Crippen molar-refractivity contribution >= 4 is 11.6 Å². The van der Waals surface area contributed by atoms with Crippen LogP contribution in [0.5, 0.6) is 5.75 Å². The molecule has 2 rings (SSSR count). The molecule has 0 atom stereocenters. The number of benzene rings is 1. The van der Waals surface area contributed by atoms with Crippen molar-refractivity contribution in [1.82, 2.24) is 15.0 Å². The van der Waals surface area contributed by atoms with Crippen LogP contribution in [0, 0.1) is 0 Å². The first-order valence-corrected chi connectivity index (χ1v) is 6.23. The number of aromatic nitrogens is 3. The van der Waals surface area contributed by atoms with Crippen LogP contribution in [0.1, 0.15) is 12.5 Å². The maximum absolute atomic E-state index is 11.8. The molecule has 0 fully saturated rings. The quantitative estimate of drug-likeness (QED) is 0.815. The van der Waals surface area contributed by atoms with Gasteiger partial charge in [0.1, 0.15) is 12.3 Å². The van der Waals surface area contributed by atoms with Gasteiger partial charge in [-0.2, -0.15) is 0 Å². The van der Waals surface area contributed by atoms with Crippen LogP contribution >= 0.6 is 0 Å². The van der Waals surface area contributed by atoms with E-state index in [1.54, 1.807) is 24.4 Å². The molecule has 1 aromatic carbocycles. The van der Waals surface area contributed by atoms with E-state index in [1.165, 1.54) is 10.9 Å². The first-order chi connectivity index (χ1) is 9.72. The lowest BCUT2D eigenvalue weighted by Gasteiger charge is -2.11. The fourth-order valence-electron chi connectivity index (χ4n) is 1.74. The predicted molar refractivity (Wildman–Crippen MR) is 72.2 cm³/mol. The van der Waals surface area contributed by atoms with E-state index < -0.39 is 0 Å². The first-order valence-electron chi connectivity index (χ1n) is 6.23. The minimum absolute atomic E-state index is 0.0850. The van der Waals surface area contributed by atoms with Crippen molar-refractivity contribution in [1.29, 1.82) is 0 Å². The number of carbonyl (C=O) groups is 1. The fraction of sp³-hybridized carbons (Fsp3) is 0.308. The third-order valence-electron chi connectivity index (χ3n) is 2.59. The van der Waals surface area contributed by atoms with Crippen molar-refractivity contribution in [2.45, 2.75) is 20.1 Å². The number of rotatable bonds is 6. The summed E-state index contributed by atoms with van der Waals surface area (Å²) in [6.07, 6.45) is 3.12. The zero-order valence-electron chi connectivity index (χ0n) is 11.1. The number of amides is 1. The minimum atomic E-state index is -0.219. The molecule has 0 radical (unpaired) electrons. The average Bonchev–Trinajstić information content (AvgIpc) is 2.93. The standard InChI is InChI=1S/C13H16N4O3/c1-2-20-12-4-3-11(7-10(12)9-18)15-13(19)8-17-6-5-14-16-17/h3-7,18H,2,8-9H2,1H3,(H,15,19). The molecule has 0 saturated carbocycles. The van der Waals surface area contributed by atoms with E-state index in [2.05, 4.69) is 15.6 Å². The smallest absolute Gasteiger partial charge is 0.246 e. The Bertz CT molecular complexity index is 569. The van der Waals surface area contributed by atoms with Gasteiger partial charge in [-0.15, -0.1) is 5.10 Å². The predicted octanol–water partition coefficient (Wildman–Crippen LogP) is 0.808. The van der Waals surface area contributed by atoms with E-state index in [4.69, 9.17) is 4.74 Å². The highest BCUT2D eigenvalue weighted by atomic mass is 16.5. The van der Waals surface area contributed by atoms with Gasteiger partial charge in [-0.05, 0) is 25.1 Å². The maximum atomic E-state index is 11.8. The third kappa shape index (κ3) is 3.55. The fourth-order valence-corrected chi connectivity index (χ4v) is 1.74. The van der Waals surface area contributed by atoms with Crippen molar-refractivity contribution < 1.29 is 14.6 Å². The molecule has 1 heterocycles. The summed E-state index contributed by atoms with van der Waals surface area (Å²) in [5, 5.41) is 19.4. The van der Waals surface area contributed by atoms with E-state index in [1.807, 2.05) is 6.92 Å². The molecule has 1 amide bonds. The topological polar surface area (TPSA) is 89.3 Å². The van der Waals surface area contributed by atoms with Crippen LogP contribution in [-0.4, -0.2) is 32.6 Å². The van der Waals surface area contributed by atoms with E-state index in [9.17, 15) is 9.90 Å². The Kier molecular flexibility index (Phi) is 4.67. The number of aliphatic hydroxyl groups excluding tert-OH is 1. The van der Waals surface area contributed by atoms with Gasteiger partial charge in [-0.25, -0.2) is 4.68 Å². The summed E-state index contributed by atoms with van der Waals surface area (Å²) in [7, 11) is 0. The number of aliphatic hydroxyl groups is 1. The second-order valence-electron chi connectivity index (χ2n) is 4.06. The SMILES string of the molecule is CCOc1ccc(NC(=O)Cn2ccnn2)cc1CO.